The van der Waals surface area contributed by atoms with Gasteiger partial charge in [-0.15, -0.1) is 0 Å². The number of hydrazine groups is 1. The van der Waals surface area contributed by atoms with Crippen molar-refractivity contribution in [1.82, 2.24) is 9.88 Å². The Morgan fingerprint density at radius 1 is 1.33 bits per heavy atom. The molecule has 1 aromatic carbocycles. The van der Waals surface area contributed by atoms with Crippen LogP contribution in [0.5, 0.6) is 5.75 Å². The number of benzene rings is 1. The fourth-order valence-electron chi connectivity index (χ4n) is 1.99. The SMILES string of the molecule is COc1ccccc1CN(C)C(=O)c1ccc(NN)nc1. The number of nitrogens with two attached hydrogens (primary N) is 1. The van der Waals surface area contributed by atoms with E-state index in [1.165, 1.54) is 6.20 Å². The molecule has 0 unspecified atom stereocenters. The molecule has 0 atom stereocenters. The summed E-state index contributed by atoms with van der Waals surface area (Å²) in [5.74, 6) is 6.41. The Morgan fingerprint density at radius 3 is 2.71 bits per heavy atom. The first-order valence-corrected chi connectivity index (χ1v) is 6.45. The van der Waals surface area contributed by atoms with Crippen LogP contribution in [0, 0.1) is 0 Å². The van der Waals surface area contributed by atoms with Crippen LogP contribution in [0.4, 0.5) is 5.82 Å². The second-order valence-corrected chi connectivity index (χ2v) is 4.55. The van der Waals surface area contributed by atoms with Crippen molar-refractivity contribution in [2.45, 2.75) is 6.54 Å². The van der Waals surface area contributed by atoms with Crippen molar-refractivity contribution in [1.29, 1.82) is 0 Å². The van der Waals surface area contributed by atoms with E-state index in [1.54, 1.807) is 31.2 Å². The van der Waals surface area contributed by atoms with Gasteiger partial charge >= 0.3 is 0 Å². The van der Waals surface area contributed by atoms with E-state index in [0.29, 0.717) is 17.9 Å². The van der Waals surface area contributed by atoms with Crippen LogP contribution in [0.1, 0.15) is 15.9 Å². The number of para-hydroxylation sites is 1. The number of hydrogen-bond donors (Lipinski definition) is 2. The normalized spacial score (nSPS) is 10.0. The number of carbonyl (C=O) groups excluding carboxylic acids is 1. The van der Waals surface area contributed by atoms with E-state index in [4.69, 9.17) is 10.6 Å². The zero-order chi connectivity index (χ0) is 15.2. The van der Waals surface area contributed by atoms with Gasteiger partial charge in [0, 0.05) is 25.4 Å². The average molecular weight is 286 g/mol. The third-order valence-corrected chi connectivity index (χ3v) is 3.11. The number of amides is 1. The largest absolute Gasteiger partial charge is 0.496 e. The average Bonchev–Trinajstić information content (AvgIpc) is 2.54. The molecular formula is C15H18N4O2. The Bertz CT molecular complexity index is 613. The molecule has 0 radical (unpaired) electrons. The summed E-state index contributed by atoms with van der Waals surface area (Å²) in [6, 6.07) is 11.0. The zero-order valence-electron chi connectivity index (χ0n) is 12.0. The van der Waals surface area contributed by atoms with E-state index in [9.17, 15) is 4.79 Å². The van der Waals surface area contributed by atoms with Gasteiger partial charge in [-0.1, -0.05) is 18.2 Å². The monoisotopic (exact) mass is 286 g/mol. The number of methoxy groups -OCH3 is 1. The minimum Gasteiger partial charge on any atom is -0.496 e. The summed E-state index contributed by atoms with van der Waals surface area (Å²) in [6.07, 6.45) is 1.50. The Hall–Kier alpha value is -2.60. The van der Waals surface area contributed by atoms with Crippen molar-refractivity contribution in [3.05, 3.63) is 53.7 Å². The van der Waals surface area contributed by atoms with Gasteiger partial charge in [0.25, 0.3) is 5.91 Å². The maximum Gasteiger partial charge on any atom is 0.255 e. The van der Waals surface area contributed by atoms with Crippen molar-refractivity contribution in [3.8, 4) is 5.75 Å². The molecule has 110 valence electrons. The fraction of sp³-hybridized carbons (Fsp3) is 0.200. The number of nitrogen functional groups attached to an aromatic ring is 1. The van der Waals surface area contributed by atoms with Gasteiger partial charge in [0.15, 0.2) is 0 Å². The number of nitrogens with zero attached hydrogens (tertiary/aromatic N) is 2. The van der Waals surface area contributed by atoms with Gasteiger partial charge in [-0.25, -0.2) is 10.8 Å². The second-order valence-electron chi connectivity index (χ2n) is 4.55. The minimum absolute atomic E-state index is 0.114. The maximum atomic E-state index is 12.3. The minimum atomic E-state index is -0.114. The highest BCUT2D eigenvalue weighted by molar-refractivity contribution is 5.93. The molecule has 1 aromatic heterocycles. The molecule has 1 heterocycles. The lowest BCUT2D eigenvalue weighted by atomic mass is 10.1. The first kappa shape index (κ1) is 14.8. The summed E-state index contributed by atoms with van der Waals surface area (Å²) in [7, 11) is 3.35. The summed E-state index contributed by atoms with van der Waals surface area (Å²) in [4.78, 5) is 18.0. The van der Waals surface area contributed by atoms with Crippen molar-refractivity contribution in [2.75, 3.05) is 19.6 Å². The highest BCUT2D eigenvalue weighted by Crippen LogP contribution is 2.19. The Morgan fingerprint density at radius 2 is 2.10 bits per heavy atom. The molecule has 2 rings (SSSR count). The summed E-state index contributed by atoms with van der Waals surface area (Å²) in [5.41, 5.74) is 3.88. The molecule has 3 N–H and O–H groups in total. The molecule has 2 aromatic rings. The van der Waals surface area contributed by atoms with Crippen LogP contribution in [0.25, 0.3) is 0 Å². The molecule has 0 spiro atoms. The molecular weight excluding hydrogens is 268 g/mol. The Kier molecular flexibility index (Phi) is 4.73. The smallest absolute Gasteiger partial charge is 0.255 e. The van der Waals surface area contributed by atoms with Gasteiger partial charge in [0.1, 0.15) is 11.6 Å². The van der Waals surface area contributed by atoms with E-state index in [-0.39, 0.29) is 5.91 Å². The van der Waals surface area contributed by atoms with E-state index < -0.39 is 0 Å². The molecule has 0 bridgehead atoms. The van der Waals surface area contributed by atoms with Gasteiger partial charge in [-0.05, 0) is 18.2 Å². The number of anilines is 1. The van der Waals surface area contributed by atoms with Crippen molar-refractivity contribution in [3.63, 3.8) is 0 Å². The second kappa shape index (κ2) is 6.71. The lowest BCUT2D eigenvalue weighted by molar-refractivity contribution is 0.0784. The predicted molar refractivity (Wildman–Crippen MR) is 80.8 cm³/mol. The highest BCUT2D eigenvalue weighted by atomic mass is 16.5. The van der Waals surface area contributed by atoms with Gasteiger partial charge in [0.2, 0.25) is 0 Å². The standard InChI is InChI=1S/C15H18N4O2/c1-19(10-12-5-3-4-6-13(12)21-2)15(20)11-7-8-14(18-16)17-9-11/h3-9H,10,16H2,1-2H3,(H,17,18). The fourth-order valence-corrected chi connectivity index (χ4v) is 1.99. The van der Waals surface area contributed by atoms with Gasteiger partial charge in [-0.2, -0.15) is 0 Å². The number of pyridine rings is 1. The number of hydrogen-bond acceptors (Lipinski definition) is 5. The van der Waals surface area contributed by atoms with E-state index in [0.717, 1.165) is 11.3 Å². The van der Waals surface area contributed by atoms with E-state index in [2.05, 4.69) is 10.4 Å². The van der Waals surface area contributed by atoms with Crippen molar-refractivity contribution in [2.24, 2.45) is 5.84 Å². The topological polar surface area (TPSA) is 80.5 Å². The van der Waals surface area contributed by atoms with E-state index >= 15 is 0 Å². The van der Waals surface area contributed by atoms with Crippen LogP contribution in [0.3, 0.4) is 0 Å². The molecule has 0 saturated heterocycles. The quantitative estimate of drug-likeness (QED) is 0.645. The van der Waals surface area contributed by atoms with Gasteiger partial charge in [0.05, 0.1) is 12.7 Å². The van der Waals surface area contributed by atoms with Gasteiger partial charge < -0.3 is 15.1 Å². The molecule has 6 nitrogen and oxygen atoms in total. The Balaban J connectivity index is 2.11. The zero-order valence-corrected chi connectivity index (χ0v) is 12.0. The number of carbonyl (C=O) groups is 1. The molecule has 0 aliphatic heterocycles. The van der Waals surface area contributed by atoms with Crippen LogP contribution in [-0.2, 0) is 6.54 Å². The van der Waals surface area contributed by atoms with Crippen molar-refractivity contribution < 1.29 is 9.53 Å². The molecule has 6 heteroatoms. The predicted octanol–water partition coefficient (Wildman–Crippen LogP) is 1.65. The van der Waals surface area contributed by atoms with Crippen LogP contribution in [0.2, 0.25) is 0 Å². The molecule has 0 aliphatic rings. The molecule has 0 fully saturated rings. The summed E-state index contributed by atoms with van der Waals surface area (Å²) in [6.45, 7) is 0.458. The van der Waals surface area contributed by atoms with E-state index in [1.807, 2.05) is 24.3 Å². The first-order chi connectivity index (χ1) is 10.2. The lowest BCUT2D eigenvalue weighted by Gasteiger charge is -2.18. The van der Waals surface area contributed by atoms with Crippen LogP contribution in [0.15, 0.2) is 42.6 Å². The molecule has 21 heavy (non-hydrogen) atoms. The third-order valence-electron chi connectivity index (χ3n) is 3.11. The summed E-state index contributed by atoms with van der Waals surface area (Å²) >= 11 is 0. The Labute approximate surface area is 123 Å². The summed E-state index contributed by atoms with van der Waals surface area (Å²) in [5, 5.41) is 0. The third kappa shape index (κ3) is 3.49. The van der Waals surface area contributed by atoms with Gasteiger partial charge in [-0.3, -0.25) is 4.79 Å². The molecule has 1 amide bonds. The summed E-state index contributed by atoms with van der Waals surface area (Å²) < 4.78 is 5.29. The first-order valence-electron chi connectivity index (χ1n) is 6.45. The molecule has 0 aliphatic carbocycles. The van der Waals surface area contributed by atoms with Crippen molar-refractivity contribution >= 4 is 11.7 Å². The number of ether oxygens (including phenoxy) is 1. The number of aromatic nitrogens is 1. The number of rotatable bonds is 5. The highest BCUT2D eigenvalue weighted by Gasteiger charge is 2.14. The maximum absolute atomic E-state index is 12.3. The van der Waals surface area contributed by atoms with Crippen LogP contribution < -0.4 is 16.0 Å². The van der Waals surface area contributed by atoms with Crippen LogP contribution in [-0.4, -0.2) is 29.9 Å². The van der Waals surface area contributed by atoms with Crippen LogP contribution >= 0.6 is 0 Å². The molecule has 0 saturated carbocycles. The number of nitrogens with one attached hydrogen (secondary N) is 1. The lowest BCUT2D eigenvalue weighted by Crippen LogP contribution is -2.26.